The molecule has 1 aromatic heterocycles. The van der Waals surface area contributed by atoms with E-state index in [1.165, 1.54) is 25.5 Å². The number of carbonyl (C=O) groups is 3. The molecule has 2 heterocycles. The molecule has 1 N–H and O–H groups in total. The lowest BCUT2D eigenvalue weighted by Gasteiger charge is -2.16. The Morgan fingerprint density at radius 2 is 2.04 bits per heavy atom. The van der Waals surface area contributed by atoms with Crippen LogP contribution in [-0.2, 0) is 16.0 Å². The molecular formula is C20H21NO7. The predicted molar refractivity (Wildman–Crippen MR) is 99.2 cm³/mol. The maximum atomic E-state index is 12.4. The molecule has 0 radical (unpaired) electrons. The molecule has 1 atom stereocenters. The van der Waals surface area contributed by atoms with Crippen LogP contribution in [0.3, 0.4) is 0 Å². The number of nitrogens with zero attached hydrogens (tertiary/aromatic N) is 1. The highest BCUT2D eigenvalue weighted by Crippen LogP contribution is 2.23. The van der Waals surface area contributed by atoms with Gasteiger partial charge in [0.05, 0.1) is 18.2 Å². The Morgan fingerprint density at radius 1 is 1.29 bits per heavy atom. The standard InChI is InChI=1S/C19H19NO5.CH2O2/c1-24-19(23)15-4-2-3-13(10-15)9-14-7-8-20(11-14)18(22)16-5-6-17(21)25-12-16;2-1-3/h2-6,10,12,14H,7-9,11H2,1H3;1H,(H,2,3). The molecule has 8 heteroatoms. The van der Waals surface area contributed by atoms with Gasteiger partial charge >= 0.3 is 11.6 Å². The van der Waals surface area contributed by atoms with Gasteiger partial charge in [-0.05, 0) is 42.5 Å². The molecule has 0 spiro atoms. The van der Waals surface area contributed by atoms with Crippen LogP contribution in [0.15, 0.2) is 51.9 Å². The van der Waals surface area contributed by atoms with Crippen molar-refractivity contribution >= 4 is 18.3 Å². The molecule has 0 bridgehead atoms. The lowest BCUT2D eigenvalue weighted by atomic mass is 9.97. The van der Waals surface area contributed by atoms with Crippen LogP contribution in [0.2, 0.25) is 0 Å². The van der Waals surface area contributed by atoms with Crippen molar-refractivity contribution in [2.24, 2.45) is 5.92 Å². The summed E-state index contributed by atoms with van der Waals surface area (Å²) in [6.07, 6.45) is 2.89. The first-order valence-corrected chi connectivity index (χ1v) is 8.61. The molecule has 2 aromatic rings. The lowest BCUT2D eigenvalue weighted by Crippen LogP contribution is -2.29. The van der Waals surface area contributed by atoms with E-state index in [4.69, 9.17) is 19.1 Å². The first-order chi connectivity index (χ1) is 13.5. The topological polar surface area (TPSA) is 114 Å². The Hall–Kier alpha value is -3.42. The van der Waals surface area contributed by atoms with Crippen LogP contribution in [0.5, 0.6) is 0 Å². The van der Waals surface area contributed by atoms with Crippen LogP contribution in [0.1, 0.15) is 32.7 Å². The van der Waals surface area contributed by atoms with Gasteiger partial charge in [0.2, 0.25) is 0 Å². The zero-order valence-corrected chi connectivity index (χ0v) is 15.4. The molecule has 1 unspecified atom stereocenters. The van der Waals surface area contributed by atoms with Crippen molar-refractivity contribution in [3.63, 3.8) is 0 Å². The maximum absolute atomic E-state index is 12.4. The molecule has 1 fully saturated rings. The van der Waals surface area contributed by atoms with Gasteiger partial charge in [-0.2, -0.15) is 0 Å². The molecule has 1 aliphatic heterocycles. The van der Waals surface area contributed by atoms with Crippen molar-refractivity contribution in [2.45, 2.75) is 12.8 Å². The van der Waals surface area contributed by atoms with E-state index in [0.29, 0.717) is 30.1 Å². The molecular weight excluding hydrogens is 366 g/mol. The van der Waals surface area contributed by atoms with Crippen molar-refractivity contribution in [3.05, 3.63) is 69.8 Å². The van der Waals surface area contributed by atoms with E-state index >= 15 is 0 Å². The number of esters is 1. The first-order valence-electron chi connectivity index (χ1n) is 8.61. The monoisotopic (exact) mass is 387 g/mol. The third kappa shape index (κ3) is 5.54. The quantitative estimate of drug-likeness (QED) is 0.629. The zero-order valence-electron chi connectivity index (χ0n) is 15.4. The zero-order chi connectivity index (χ0) is 20.5. The number of methoxy groups -OCH3 is 1. The number of benzene rings is 1. The molecule has 0 aliphatic carbocycles. The van der Waals surface area contributed by atoms with Gasteiger partial charge in [-0.25, -0.2) is 9.59 Å². The number of amides is 1. The predicted octanol–water partition coefficient (Wildman–Crippen LogP) is 1.83. The first kappa shape index (κ1) is 20.9. The molecule has 1 aliphatic rings. The minimum absolute atomic E-state index is 0.130. The van der Waals surface area contributed by atoms with Crippen LogP contribution in [0.25, 0.3) is 0 Å². The number of likely N-dealkylation sites (tertiary alicyclic amines) is 1. The fourth-order valence-corrected chi connectivity index (χ4v) is 3.12. The van der Waals surface area contributed by atoms with Crippen LogP contribution < -0.4 is 5.63 Å². The Labute approximate surface area is 161 Å². The minimum atomic E-state index is -0.471. The second kappa shape index (κ2) is 10.1. The SMILES string of the molecule is COC(=O)c1cccc(CC2CCN(C(=O)c3ccc(=O)oc3)C2)c1.O=CO. The summed E-state index contributed by atoms with van der Waals surface area (Å²) in [4.78, 5) is 45.2. The van der Waals surface area contributed by atoms with E-state index < -0.39 is 5.63 Å². The number of ether oxygens (including phenoxy) is 1. The summed E-state index contributed by atoms with van der Waals surface area (Å²) in [7, 11) is 1.36. The summed E-state index contributed by atoms with van der Waals surface area (Å²) in [5, 5.41) is 6.89. The molecule has 1 saturated heterocycles. The van der Waals surface area contributed by atoms with Crippen molar-refractivity contribution in [1.29, 1.82) is 0 Å². The average Bonchev–Trinajstić information content (AvgIpc) is 3.16. The van der Waals surface area contributed by atoms with Gasteiger partial charge in [0.15, 0.2) is 0 Å². The fourth-order valence-electron chi connectivity index (χ4n) is 3.12. The summed E-state index contributed by atoms with van der Waals surface area (Å²) < 4.78 is 9.51. The van der Waals surface area contributed by atoms with E-state index in [2.05, 4.69) is 0 Å². The molecule has 0 saturated carbocycles. The summed E-state index contributed by atoms with van der Waals surface area (Å²) in [6.45, 7) is 1.06. The van der Waals surface area contributed by atoms with Gasteiger partial charge in [-0.15, -0.1) is 0 Å². The van der Waals surface area contributed by atoms with Crippen LogP contribution in [0, 0.1) is 5.92 Å². The van der Waals surface area contributed by atoms with Crippen molar-refractivity contribution in [1.82, 2.24) is 4.90 Å². The molecule has 1 aromatic carbocycles. The Bertz CT molecular complexity index is 870. The van der Waals surface area contributed by atoms with Gasteiger partial charge < -0.3 is 19.2 Å². The number of carboxylic acid groups (broad SMARTS) is 1. The van der Waals surface area contributed by atoms with Gasteiger partial charge in [0, 0.05) is 19.2 Å². The smallest absolute Gasteiger partial charge is 0.337 e. The fraction of sp³-hybridized carbons (Fsp3) is 0.300. The van der Waals surface area contributed by atoms with Gasteiger partial charge in [-0.1, -0.05) is 12.1 Å². The minimum Gasteiger partial charge on any atom is -0.483 e. The van der Waals surface area contributed by atoms with Crippen molar-refractivity contribution < 1.29 is 28.6 Å². The number of rotatable bonds is 4. The van der Waals surface area contributed by atoms with E-state index in [0.717, 1.165) is 18.4 Å². The van der Waals surface area contributed by atoms with Crippen LogP contribution in [0.4, 0.5) is 0 Å². The maximum Gasteiger partial charge on any atom is 0.337 e. The van der Waals surface area contributed by atoms with Crippen molar-refractivity contribution in [2.75, 3.05) is 20.2 Å². The summed E-state index contributed by atoms with van der Waals surface area (Å²) in [5.74, 6) is -0.155. The number of carbonyl (C=O) groups excluding carboxylic acids is 2. The molecule has 148 valence electrons. The van der Waals surface area contributed by atoms with E-state index in [-0.39, 0.29) is 18.3 Å². The third-order valence-corrected chi connectivity index (χ3v) is 4.39. The van der Waals surface area contributed by atoms with E-state index in [9.17, 15) is 14.4 Å². The Balaban J connectivity index is 0.000000878. The molecule has 8 nitrogen and oxygen atoms in total. The van der Waals surface area contributed by atoms with E-state index in [1.807, 2.05) is 18.2 Å². The second-order valence-corrected chi connectivity index (χ2v) is 6.25. The lowest BCUT2D eigenvalue weighted by molar-refractivity contribution is -0.122. The highest BCUT2D eigenvalue weighted by molar-refractivity contribution is 5.93. The largest absolute Gasteiger partial charge is 0.483 e. The molecule has 3 rings (SSSR count). The molecule has 28 heavy (non-hydrogen) atoms. The summed E-state index contributed by atoms with van der Waals surface area (Å²) in [5.41, 5.74) is 1.49. The van der Waals surface area contributed by atoms with Crippen LogP contribution in [-0.4, -0.2) is 48.6 Å². The average molecular weight is 387 g/mol. The normalized spacial score (nSPS) is 15.3. The number of hydrogen-bond donors (Lipinski definition) is 1. The third-order valence-electron chi connectivity index (χ3n) is 4.39. The number of hydrogen-bond acceptors (Lipinski definition) is 6. The second-order valence-electron chi connectivity index (χ2n) is 6.25. The van der Waals surface area contributed by atoms with Crippen molar-refractivity contribution in [3.8, 4) is 0 Å². The summed E-state index contributed by atoms with van der Waals surface area (Å²) in [6, 6.07) is 10.1. The van der Waals surface area contributed by atoms with E-state index in [1.54, 1.807) is 11.0 Å². The van der Waals surface area contributed by atoms with Gasteiger partial charge in [-0.3, -0.25) is 9.59 Å². The Kier molecular flexibility index (Phi) is 7.50. The highest BCUT2D eigenvalue weighted by Gasteiger charge is 2.27. The van der Waals surface area contributed by atoms with Crippen LogP contribution >= 0.6 is 0 Å². The highest BCUT2D eigenvalue weighted by atomic mass is 16.5. The van der Waals surface area contributed by atoms with Gasteiger partial charge in [0.1, 0.15) is 6.26 Å². The van der Waals surface area contributed by atoms with Gasteiger partial charge in [0.25, 0.3) is 12.4 Å². The Morgan fingerprint density at radius 3 is 2.68 bits per heavy atom. The summed E-state index contributed by atoms with van der Waals surface area (Å²) >= 11 is 0. The molecule has 1 amide bonds.